The van der Waals surface area contributed by atoms with Gasteiger partial charge in [-0.05, 0) is 36.8 Å². The van der Waals surface area contributed by atoms with Gasteiger partial charge in [0.25, 0.3) is 10.9 Å². The molecule has 0 amide bonds. The summed E-state index contributed by atoms with van der Waals surface area (Å²) in [7, 11) is 0. The summed E-state index contributed by atoms with van der Waals surface area (Å²) in [5, 5.41) is 18.0. The van der Waals surface area contributed by atoms with Crippen LogP contribution in [-0.4, -0.2) is 11.3 Å². The molecular weight excluding hydrogens is 427 g/mol. The minimum Gasteiger partial charge on any atom is -0.464 e. The van der Waals surface area contributed by atoms with Crippen molar-refractivity contribution in [1.82, 2.24) is 5.32 Å². The van der Waals surface area contributed by atoms with Crippen LogP contribution in [0.4, 0.5) is 30.2 Å². The molecule has 0 aliphatic carbocycles. The van der Waals surface area contributed by atoms with E-state index < -0.39 is 40.8 Å². The van der Waals surface area contributed by atoms with E-state index in [9.17, 15) is 27.9 Å². The molecular formula is C19H15ClF3N3O4. The van der Waals surface area contributed by atoms with Gasteiger partial charge in [-0.3, -0.25) is 14.9 Å². The minimum absolute atomic E-state index is 0.249. The Hall–Kier alpha value is -2.82. The zero-order chi connectivity index (χ0) is 21.8. The van der Waals surface area contributed by atoms with E-state index in [4.69, 9.17) is 16.0 Å². The fraction of sp³-hybridized carbons (Fsp3) is 0.263. The number of aryl methyl sites for hydroxylation is 1. The van der Waals surface area contributed by atoms with Gasteiger partial charge >= 0.3 is 6.18 Å². The first-order valence-corrected chi connectivity index (χ1v) is 9.18. The average molecular weight is 442 g/mol. The number of alkyl halides is 3. The monoisotopic (exact) mass is 441 g/mol. The Kier molecular flexibility index (Phi) is 4.88. The van der Waals surface area contributed by atoms with E-state index in [1.807, 2.05) is 0 Å². The Morgan fingerprint density at radius 2 is 1.90 bits per heavy atom. The van der Waals surface area contributed by atoms with Crippen molar-refractivity contribution in [1.29, 1.82) is 0 Å². The third-order valence-electron chi connectivity index (χ3n) is 4.88. The SMILES string of the molecule is Cc1ccc(C(Nc2c(Nc3ccc(Cl)c4c3C(O)NC4)c(=O)c2=O)C(F)(F)F)o1. The van der Waals surface area contributed by atoms with Crippen LogP contribution < -0.4 is 26.8 Å². The van der Waals surface area contributed by atoms with Gasteiger partial charge < -0.3 is 20.2 Å². The van der Waals surface area contributed by atoms with E-state index in [-0.39, 0.29) is 23.7 Å². The second-order valence-electron chi connectivity index (χ2n) is 6.87. The van der Waals surface area contributed by atoms with Gasteiger partial charge in [-0.15, -0.1) is 0 Å². The summed E-state index contributed by atoms with van der Waals surface area (Å²) in [4.78, 5) is 24.1. The Balaban J connectivity index is 1.69. The molecule has 4 rings (SSSR count). The number of benzene rings is 1. The van der Waals surface area contributed by atoms with Crippen LogP contribution in [0.5, 0.6) is 0 Å². The minimum atomic E-state index is -4.79. The second-order valence-corrected chi connectivity index (χ2v) is 7.28. The van der Waals surface area contributed by atoms with Crippen LogP contribution in [0, 0.1) is 6.92 Å². The quantitative estimate of drug-likeness (QED) is 0.450. The highest BCUT2D eigenvalue weighted by atomic mass is 35.5. The molecule has 2 aromatic carbocycles. The fourth-order valence-electron chi connectivity index (χ4n) is 3.39. The van der Waals surface area contributed by atoms with Gasteiger partial charge in [0.2, 0.25) is 0 Å². The highest BCUT2D eigenvalue weighted by Gasteiger charge is 2.44. The number of hydrogen-bond donors (Lipinski definition) is 4. The Bertz CT molecular complexity index is 1200. The number of halogens is 4. The lowest BCUT2D eigenvalue weighted by Gasteiger charge is -2.24. The summed E-state index contributed by atoms with van der Waals surface area (Å²) in [6.45, 7) is 1.76. The second kappa shape index (κ2) is 7.15. The van der Waals surface area contributed by atoms with Gasteiger partial charge in [-0.2, -0.15) is 13.2 Å². The van der Waals surface area contributed by atoms with Crippen molar-refractivity contribution in [2.75, 3.05) is 10.6 Å². The topological polar surface area (TPSA) is 104 Å². The van der Waals surface area contributed by atoms with Gasteiger partial charge in [-0.1, -0.05) is 11.6 Å². The number of nitrogens with one attached hydrogen (secondary N) is 3. The third-order valence-corrected chi connectivity index (χ3v) is 5.23. The summed E-state index contributed by atoms with van der Waals surface area (Å²) in [6, 6.07) is 3.18. The highest BCUT2D eigenvalue weighted by molar-refractivity contribution is 6.31. The molecule has 0 fully saturated rings. The van der Waals surface area contributed by atoms with Gasteiger partial charge in [0.05, 0.1) is 0 Å². The summed E-state index contributed by atoms with van der Waals surface area (Å²) in [5.74, 6) is -0.173. The number of furan rings is 1. The number of anilines is 3. The molecule has 1 aliphatic heterocycles. The molecule has 158 valence electrons. The third kappa shape index (κ3) is 3.36. The smallest absolute Gasteiger partial charge is 0.415 e. The first-order valence-electron chi connectivity index (χ1n) is 8.80. The number of aliphatic hydroxyl groups excluding tert-OH is 1. The highest BCUT2D eigenvalue weighted by Crippen LogP contribution is 2.40. The molecule has 0 spiro atoms. The maximum Gasteiger partial charge on any atom is 0.415 e. The molecule has 1 aromatic heterocycles. The van der Waals surface area contributed by atoms with Crippen molar-refractivity contribution in [3.63, 3.8) is 0 Å². The predicted octanol–water partition coefficient (Wildman–Crippen LogP) is 3.39. The van der Waals surface area contributed by atoms with E-state index in [0.29, 0.717) is 16.1 Å². The van der Waals surface area contributed by atoms with Crippen LogP contribution in [0.15, 0.2) is 38.3 Å². The number of fused-ring (bicyclic) bond motifs is 1. The molecule has 2 atom stereocenters. The maximum atomic E-state index is 13.6. The normalized spacial score (nSPS) is 17.2. The van der Waals surface area contributed by atoms with Crippen LogP contribution in [0.1, 0.15) is 34.9 Å². The molecule has 11 heteroatoms. The van der Waals surface area contributed by atoms with Crippen molar-refractivity contribution in [3.8, 4) is 0 Å². The summed E-state index contributed by atoms with van der Waals surface area (Å²) < 4.78 is 45.8. The molecule has 0 bridgehead atoms. The summed E-state index contributed by atoms with van der Waals surface area (Å²) in [5.41, 5.74) is -1.71. The molecule has 0 saturated heterocycles. The van der Waals surface area contributed by atoms with Crippen molar-refractivity contribution >= 4 is 28.7 Å². The van der Waals surface area contributed by atoms with Crippen molar-refractivity contribution in [3.05, 3.63) is 72.4 Å². The first-order chi connectivity index (χ1) is 14.1. The lowest BCUT2D eigenvalue weighted by Crippen LogP contribution is -2.40. The predicted molar refractivity (Wildman–Crippen MR) is 104 cm³/mol. The van der Waals surface area contributed by atoms with Crippen LogP contribution in [0.25, 0.3) is 0 Å². The molecule has 2 unspecified atom stereocenters. The summed E-state index contributed by atoms with van der Waals surface area (Å²) >= 11 is 6.10. The van der Waals surface area contributed by atoms with Gasteiger partial charge in [0.1, 0.15) is 29.1 Å². The van der Waals surface area contributed by atoms with Crippen LogP contribution >= 0.6 is 11.6 Å². The van der Waals surface area contributed by atoms with Crippen molar-refractivity contribution < 1.29 is 22.7 Å². The van der Waals surface area contributed by atoms with Crippen LogP contribution in [0.3, 0.4) is 0 Å². The molecule has 0 radical (unpaired) electrons. The van der Waals surface area contributed by atoms with Crippen LogP contribution in [0.2, 0.25) is 5.02 Å². The molecule has 2 heterocycles. The summed E-state index contributed by atoms with van der Waals surface area (Å²) in [6.07, 6.45) is -5.87. The fourth-order valence-corrected chi connectivity index (χ4v) is 3.62. The maximum absolute atomic E-state index is 13.6. The van der Waals surface area contributed by atoms with Gasteiger partial charge in [0.15, 0.2) is 6.04 Å². The molecule has 30 heavy (non-hydrogen) atoms. The van der Waals surface area contributed by atoms with E-state index in [1.54, 1.807) is 0 Å². The zero-order valence-corrected chi connectivity index (χ0v) is 16.1. The zero-order valence-electron chi connectivity index (χ0n) is 15.4. The standard InChI is InChI=1S/C19H15ClF3N3O4/c1-7-2-5-11(30-7)17(19(21,22)23)26-14-13(15(27)16(14)28)25-10-4-3-9(20)8-6-24-18(29)12(8)10/h2-5,17-18,24-26,29H,6H2,1H3. The lowest BCUT2D eigenvalue weighted by atomic mass is 10.1. The number of aliphatic hydroxyl groups is 1. The van der Waals surface area contributed by atoms with E-state index >= 15 is 0 Å². The molecule has 0 saturated carbocycles. The van der Waals surface area contributed by atoms with E-state index in [1.165, 1.54) is 25.1 Å². The average Bonchev–Trinajstić information content (AvgIpc) is 3.28. The molecule has 3 aromatic rings. The van der Waals surface area contributed by atoms with Gasteiger partial charge in [0, 0.05) is 22.8 Å². The molecule has 4 N–H and O–H groups in total. The van der Waals surface area contributed by atoms with Crippen molar-refractivity contribution in [2.45, 2.75) is 31.9 Å². The van der Waals surface area contributed by atoms with Crippen LogP contribution in [-0.2, 0) is 6.54 Å². The lowest BCUT2D eigenvalue weighted by molar-refractivity contribution is -0.147. The Morgan fingerprint density at radius 1 is 1.20 bits per heavy atom. The van der Waals surface area contributed by atoms with Gasteiger partial charge in [-0.25, -0.2) is 0 Å². The van der Waals surface area contributed by atoms with E-state index in [2.05, 4.69) is 16.0 Å². The number of rotatable bonds is 5. The Morgan fingerprint density at radius 3 is 2.53 bits per heavy atom. The molecule has 1 aliphatic rings. The first kappa shape index (κ1) is 20.5. The van der Waals surface area contributed by atoms with E-state index in [0.717, 1.165) is 6.07 Å². The largest absolute Gasteiger partial charge is 0.464 e. The Labute approximate surface area is 172 Å². The molecule has 7 nitrogen and oxygen atoms in total. The van der Waals surface area contributed by atoms with Crippen molar-refractivity contribution in [2.24, 2.45) is 0 Å². The number of hydrogen-bond acceptors (Lipinski definition) is 7.